The maximum atomic E-state index is 11.8. The number of fused-ring (bicyclic) bond motifs is 3. The number of rotatable bonds is 1. The second kappa shape index (κ2) is 3.18. The van der Waals surface area contributed by atoms with Crippen LogP contribution in [0.3, 0.4) is 0 Å². The van der Waals surface area contributed by atoms with Gasteiger partial charge in [-0.3, -0.25) is 4.79 Å². The van der Waals surface area contributed by atoms with Crippen molar-refractivity contribution in [3.8, 4) is 0 Å². The van der Waals surface area contributed by atoms with Gasteiger partial charge in [0.15, 0.2) is 0 Å². The largest absolute Gasteiger partial charge is 0.450 e. The quantitative estimate of drug-likeness (QED) is 0.661. The van der Waals surface area contributed by atoms with Crippen molar-refractivity contribution in [2.75, 3.05) is 0 Å². The lowest BCUT2D eigenvalue weighted by Crippen LogP contribution is -2.21. The summed E-state index contributed by atoms with van der Waals surface area (Å²) in [5.74, 6) is 0. The van der Waals surface area contributed by atoms with E-state index < -0.39 is 12.3 Å². The number of aliphatic hydroxyl groups is 1. The summed E-state index contributed by atoms with van der Waals surface area (Å²) in [4.78, 5) is 11.8. The van der Waals surface area contributed by atoms with Crippen LogP contribution in [0.25, 0.3) is 21.9 Å². The Hall–Kier alpha value is -2.14. The third kappa shape index (κ3) is 1.09. The topological polar surface area (TPSA) is 68.3 Å². The molecule has 0 unspecified atom stereocenters. The van der Waals surface area contributed by atoms with Crippen LogP contribution in [0.5, 0.6) is 0 Å². The molecule has 0 fully saturated rings. The van der Waals surface area contributed by atoms with Gasteiger partial charge in [0.1, 0.15) is 12.3 Å². The van der Waals surface area contributed by atoms with Gasteiger partial charge in [0.25, 0.3) is 0 Å². The molecule has 1 N–H and O–H groups in total. The molecular weight excluding hydrogens is 208 g/mol. The summed E-state index contributed by atoms with van der Waals surface area (Å²) in [6.07, 6.45) is 1.53. The van der Waals surface area contributed by atoms with Gasteiger partial charge in [-0.05, 0) is 6.07 Å². The number of furan rings is 1. The number of aliphatic hydroxyl groups excluding tert-OH is 1. The molecular formula is C11H8N2O3. The van der Waals surface area contributed by atoms with E-state index in [2.05, 4.69) is 5.10 Å². The Labute approximate surface area is 89.5 Å². The molecule has 80 valence electrons. The first-order valence-corrected chi connectivity index (χ1v) is 4.79. The zero-order chi connectivity index (χ0) is 11.1. The van der Waals surface area contributed by atoms with E-state index in [0.717, 1.165) is 10.1 Å². The van der Waals surface area contributed by atoms with Crippen molar-refractivity contribution in [2.24, 2.45) is 0 Å². The Kier molecular flexibility index (Phi) is 1.81. The summed E-state index contributed by atoms with van der Waals surface area (Å²) >= 11 is 0. The zero-order valence-electron chi connectivity index (χ0n) is 8.25. The molecule has 16 heavy (non-hydrogen) atoms. The van der Waals surface area contributed by atoms with Gasteiger partial charge in [-0.1, -0.05) is 18.2 Å². The second-order valence-electron chi connectivity index (χ2n) is 3.43. The molecule has 5 heteroatoms. The highest BCUT2D eigenvalue weighted by Crippen LogP contribution is 2.24. The fraction of sp³-hybridized carbons (Fsp3) is 0.0909. The fourth-order valence-electron chi connectivity index (χ4n) is 1.75. The molecule has 0 atom stereocenters. The molecule has 5 nitrogen and oxygen atoms in total. The third-order valence-corrected chi connectivity index (χ3v) is 2.52. The molecule has 0 radical (unpaired) electrons. The lowest BCUT2D eigenvalue weighted by molar-refractivity contribution is 0.189. The van der Waals surface area contributed by atoms with Crippen molar-refractivity contribution in [3.63, 3.8) is 0 Å². The number of nitrogens with zero attached hydrogens (tertiary/aromatic N) is 2. The van der Waals surface area contributed by atoms with E-state index in [1.54, 1.807) is 6.07 Å². The van der Waals surface area contributed by atoms with E-state index in [9.17, 15) is 4.79 Å². The van der Waals surface area contributed by atoms with Crippen LogP contribution in [-0.4, -0.2) is 14.9 Å². The van der Waals surface area contributed by atoms with E-state index in [1.165, 1.54) is 6.20 Å². The number of aromatic nitrogens is 2. The smallest absolute Gasteiger partial charge is 0.312 e. The van der Waals surface area contributed by atoms with Crippen LogP contribution >= 0.6 is 0 Å². The molecule has 3 rings (SSSR count). The van der Waals surface area contributed by atoms with Gasteiger partial charge in [0, 0.05) is 5.39 Å². The van der Waals surface area contributed by atoms with Gasteiger partial charge in [0.05, 0.1) is 11.6 Å². The first-order chi connectivity index (χ1) is 7.81. The van der Waals surface area contributed by atoms with Crippen LogP contribution in [0.1, 0.15) is 0 Å². The highest BCUT2D eigenvalue weighted by Gasteiger charge is 2.11. The third-order valence-electron chi connectivity index (χ3n) is 2.52. The Bertz CT molecular complexity index is 727. The summed E-state index contributed by atoms with van der Waals surface area (Å²) in [7, 11) is 0. The van der Waals surface area contributed by atoms with E-state index in [0.29, 0.717) is 11.0 Å². The van der Waals surface area contributed by atoms with Gasteiger partial charge >= 0.3 is 5.56 Å². The van der Waals surface area contributed by atoms with Gasteiger partial charge in [-0.15, -0.1) is 0 Å². The van der Waals surface area contributed by atoms with Gasteiger partial charge in [-0.2, -0.15) is 5.10 Å². The van der Waals surface area contributed by atoms with Crippen LogP contribution in [0.15, 0.2) is 39.7 Å². The van der Waals surface area contributed by atoms with E-state index >= 15 is 0 Å². The summed E-state index contributed by atoms with van der Waals surface area (Å²) in [6.45, 7) is -0.453. The molecule has 0 saturated heterocycles. The number of hydrogen-bond acceptors (Lipinski definition) is 4. The highest BCUT2D eigenvalue weighted by atomic mass is 16.3. The van der Waals surface area contributed by atoms with Crippen molar-refractivity contribution in [1.82, 2.24) is 9.78 Å². The molecule has 0 bridgehead atoms. The van der Waals surface area contributed by atoms with Crippen LogP contribution in [0.2, 0.25) is 0 Å². The summed E-state index contributed by atoms with van der Waals surface area (Å²) in [6, 6.07) is 7.36. The molecule has 0 aliphatic rings. The minimum Gasteiger partial charge on any atom is -0.450 e. The zero-order valence-corrected chi connectivity index (χ0v) is 8.25. The molecule has 0 amide bonds. The Morgan fingerprint density at radius 2 is 2.12 bits per heavy atom. The maximum Gasteiger partial charge on any atom is 0.312 e. The van der Waals surface area contributed by atoms with E-state index in [4.69, 9.17) is 9.52 Å². The number of benzene rings is 1. The number of hydrogen-bond donors (Lipinski definition) is 1. The Morgan fingerprint density at radius 3 is 2.94 bits per heavy atom. The monoisotopic (exact) mass is 216 g/mol. The Balaban J connectivity index is 2.55. The molecule has 1 aromatic carbocycles. The molecule has 3 aromatic rings. The molecule has 0 aliphatic heterocycles. The predicted molar refractivity (Wildman–Crippen MR) is 58.0 cm³/mol. The van der Waals surface area contributed by atoms with Crippen LogP contribution < -0.4 is 5.56 Å². The molecule has 0 spiro atoms. The van der Waals surface area contributed by atoms with Crippen molar-refractivity contribution in [1.29, 1.82) is 0 Å². The minimum absolute atomic E-state index is 0.227. The van der Waals surface area contributed by atoms with Crippen LogP contribution in [0.4, 0.5) is 0 Å². The summed E-state index contributed by atoms with van der Waals surface area (Å²) in [5.41, 5.74) is 0.452. The van der Waals surface area contributed by atoms with E-state index in [1.807, 2.05) is 18.2 Å². The Morgan fingerprint density at radius 1 is 1.31 bits per heavy atom. The van der Waals surface area contributed by atoms with Gasteiger partial charge < -0.3 is 9.52 Å². The molecule has 2 aromatic heterocycles. The van der Waals surface area contributed by atoms with Crippen molar-refractivity contribution in [3.05, 3.63) is 40.8 Å². The lowest BCUT2D eigenvalue weighted by atomic mass is 10.2. The van der Waals surface area contributed by atoms with Crippen molar-refractivity contribution >= 4 is 21.9 Å². The number of para-hydroxylation sites is 1. The van der Waals surface area contributed by atoms with Gasteiger partial charge in [0.2, 0.25) is 5.58 Å². The highest BCUT2D eigenvalue weighted by molar-refractivity contribution is 6.03. The van der Waals surface area contributed by atoms with E-state index in [-0.39, 0.29) is 5.58 Å². The SMILES string of the molecule is O=c1c2oc3ccccc3c2cnn1CO. The summed E-state index contributed by atoms with van der Waals surface area (Å²) in [5, 5.41) is 14.3. The first-order valence-electron chi connectivity index (χ1n) is 4.79. The maximum absolute atomic E-state index is 11.8. The van der Waals surface area contributed by atoms with Crippen LogP contribution in [0, 0.1) is 0 Å². The van der Waals surface area contributed by atoms with Crippen LogP contribution in [-0.2, 0) is 6.73 Å². The first kappa shape index (κ1) is 9.11. The average Bonchev–Trinajstić information content (AvgIpc) is 2.69. The standard InChI is InChI=1S/C11H8N2O3/c14-6-13-11(15)10-8(5-12-13)7-3-1-2-4-9(7)16-10/h1-5,14H,6H2. The molecule has 0 saturated carbocycles. The normalized spacial score (nSPS) is 11.3. The summed E-state index contributed by atoms with van der Waals surface area (Å²) < 4.78 is 6.39. The lowest BCUT2D eigenvalue weighted by Gasteiger charge is -1.96. The predicted octanol–water partition coefficient (Wildman–Crippen LogP) is 1.09. The fourth-order valence-corrected chi connectivity index (χ4v) is 1.75. The molecule has 2 heterocycles. The average molecular weight is 216 g/mol. The molecule has 0 aliphatic carbocycles. The minimum atomic E-state index is -0.453. The second-order valence-corrected chi connectivity index (χ2v) is 3.43. The van der Waals surface area contributed by atoms with Gasteiger partial charge in [-0.25, -0.2) is 4.68 Å². The van der Waals surface area contributed by atoms with Crippen molar-refractivity contribution < 1.29 is 9.52 Å². The van der Waals surface area contributed by atoms with Crippen molar-refractivity contribution in [2.45, 2.75) is 6.73 Å².